The number of ether oxygens (including phenoxy) is 1. The lowest BCUT2D eigenvalue weighted by Crippen LogP contribution is -2.21. The minimum absolute atomic E-state index is 0.243. The lowest BCUT2D eigenvalue weighted by Gasteiger charge is -2.11. The van der Waals surface area contributed by atoms with Crippen LogP contribution in [0.15, 0.2) is 59.1 Å². The summed E-state index contributed by atoms with van der Waals surface area (Å²) in [6, 6.07) is 15.3. The summed E-state index contributed by atoms with van der Waals surface area (Å²) in [5.74, 6) is -0.422. The second-order valence-electron chi connectivity index (χ2n) is 6.64. The maximum absolute atomic E-state index is 12.8. The van der Waals surface area contributed by atoms with Crippen LogP contribution >= 0.6 is 23.2 Å². The Morgan fingerprint density at radius 2 is 1.90 bits per heavy atom. The van der Waals surface area contributed by atoms with Crippen molar-refractivity contribution in [3.05, 3.63) is 76.0 Å². The number of esters is 1. The second kappa shape index (κ2) is 8.75. The van der Waals surface area contributed by atoms with E-state index in [1.165, 1.54) is 0 Å². The molecule has 31 heavy (non-hydrogen) atoms. The van der Waals surface area contributed by atoms with E-state index in [4.69, 9.17) is 32.5 Å². The Bertz CT molecular complexity index is 1300. The average Bonchev–Trinajstić information content (AvgIpc) is 3.15. The fraction of sp³-hybridized carbons (Fsp3) is 0.0909. The lowest BCUT2D eigenvalue weighted by atomic mass is 10.0. The minimum atomic E-state index is -0.670. The van der Waals surface area contributed by atoms with E-state index in [-0.39, 0.29) is 11.4 Å². The Morgan fingerprint density at radius 1 is 1.10 bits per heavy atom. The molecule has 4 aromatic rings. The summed E-state index contributed by atoms with van der Waals surface area (Å²) < 4.78 is 10.1. The summed E-state index contributed by atoms with van der Waals surface area (Å²) in [6.45, 7) is 1.21. The molecule has 0 aliphatic rings. The molecule has 0 saturated carbocycles. The van der Waals surface area contributed by atoms with Gasteiger partial charge in [-0.2, -0.15) is 0 Å². The van der Waals surface area contributed by atoms with Gasteiger partial charge in [-0.15, -0.1) is 0 Å². The predicted molar refractivity (Wildman–Crippen MR) is 117 cm³/mol. The standard InChI is InChI=1S/C22H15Cl2N3O4/c1-12-8-20(27-31-12)26-21(28)11-30-22(29)16-10-19(15-7-6-13(23)9-17(15)24)25-18-5-3-2-4-14(16)18/h2-10H,11H2,1H3,(H,26,27,28). The third kappa shape index (κ3) is 4.68. The van der Waals surface area contributed by atoms with Crippen LogP contribution in [0, 0.1) is 6.92 Å². The first kappa shape index (κ1) is 20.8. The number of halogens is 2. The molecular weight excluding hydrogens is 441 g/mol. The highest BCUT2D eigenvalue weighted by atomic mass is 35.5. The highest BCUT2D eigenvalue weighted by molar-refractivity contribution is 6.36. The smallest absolute Gasteiger partial charge is 0.339 e. The number of benzene rings is 2. The zero-order valence-corrected chi connectivity index (χ0v) is 17.7. The highest BCUT2D eigenvalue weighted by Gasteiger charge is 2.18. The van der Waals surface area contributed by atoms with Crippen molar-refractivity contribution in [2.75, 3.05) is 11.9 Å². The molecule has 0 aliphatic heterocycles. The molecule has 0 unspecified atom stereocenters. The molecule has 2 heterocycles. The summed E-state index contributed by atoms with van der Waals surface area (Å²) >= 11 is 12.3. The SMILES string of the molecule is Cc1cc(NC(=O)COC(=O)c2cc(-c3ccc(Cl)cc3Cl)nc3ccccc23)no1. The molecule has 7 nitrogen and oxygen atoms in total. The van der Waals surface area contributed by atoms with Crippen LogP contribution in [0.1, 0.15) is 16.1 Å². The lowest BCUT2D eigenvalue weighted by molar-refractivity contribution is -0.119. The summed E-state index contributed by atoms with van der Waals surface area (Å²) in [7, 11) is 0. The zero-order chi connectivity index (χ0) is 22.0. The van der Waals surface area contributed by atoms with Gasteiger partial charge < -0.3 is 14.6 Å². The number of carbonyl (C=O) groups excluding carboxylic acids is 2. The fourth-order valence-corrected chi connectivity index (χ4v) is 3.50. The van der Waals surface area contributed by atoms with Crippen molar-refractivity contribution in [1.82, 2.24) is 10.1 Å². The summed E-state index contributed by atoms with van der Waals surface area (Å²) in [4.78, 5) is 29.5. The van der Waals surface area contributed by atoms with Crippen molar-refractivity contribution in [1.29, 1.82) is 0 Å². The van der Waals surface area contributed by atoms with Crippen LogP contribution in [0.4, 0.5) is 5.82 Å². The number of nitrogens with zero attached hydrogens (tertiary/aromatic N) is 2. The molecule has 2 aromatic carbocycles. The van der Waals surface area contributed by atoms with E-state index in [2.05, 4.69) is 15.5 Å². The third-order valence-electron chi connectivity index (χ3n) is 4.37. The Balaban J connectivity index is 1.61. The molecule has 0 spiro atoms. The monoisotopic (exact) mass is 455 g/mol. The fourth-order valence-electron chi connectivity index (χ4n) is 2.99. The number of rotatable bonds is 5. The molecule has 1 N–H and O–H groups in total. The first-order valence-corrected chi connectivity index (χ1v) is 9.92. The van der Waals surface area contributed by atoms with Crippen molar-refractivity contribution in [2.24, 2.45) is 0 Å². The number of amides is 1. The molecule has 1 amide bonds. The summed E-state index contributed by atoms with van der Waals surface area (Å²) in [5, 5.41) is 7.64. The molecule has 0 bridgehead atoms. The molecule has 9 heteroatoms. The predicted octanol–water partition coefficient (Wildman–Crippen LogP) is 5.30. The molecule has 0 saturated heterocycles. The van der Waals surface area contributed by atoms with E-state index in [0.717, 1.165) is 0 Å². The molecular formula is C22H15Cl2N3O4. The Hall–Kier alpha value is -3.42. The highest BCUT2D eigenvalue weighted by Crippen LogP contribution is 2.32. The molecule has 156 valence electrons. The summed E-state index contributed by atoms with van der Waals surface area (Å²) in [6.07, 6.45) is 0. The van der Waals surface area contributed by atoms with Gasteiger partial charge in [0.25, 0.3) is 5.91 Å². The van der Waals surface area contributed by atoms with Gasteiger partial charge in [-0.25, -0.2) is 9.78 Å². The largest absolute Gasteiger partial charge is 0.452 e. The maximum atomic E-state index is 12.8. The van der Waals surface area contributed by atoms with Crippen molar-refractivity contribution >= 4 is 51.8 Å². The molecule has 0 aliphatic carbocycles. The Kier molecular flexibility index (Phi) is 5.88. The zero-order valence-electron chi connectivity index (χ0n) is 16.2. The number of anilines is 1. The van der Waals surface area contributed by atoms with Crippen LogP contribution in [0.5, 0.6) is 0 Å². The van der Waals surface area contributed by atoms with E-state index < -0.39 is 18.5 Å². The third-order valence-corrected chi connectivity index (χ3v) is 4.92. The molecule has 0 fully saturated rings. The number of aryl methyl sites for hydroxylation is 1. The molecule has 0 radical (unpaired) electrons. The van der Waals surface area contributed by atoms with Crippen molar-refractivity contribution in [2.45, 2.75) is 6.92 Å². The number of pyridine rings is 1. The number of carbonyl (C=O) groups is 2. The van der Waals surface area contributed by atoms with Crippen LogP contribution in [0.3, 0.4) is 0 Å². The molecule has 2 aromatic heterocycles. The quantitative estimate of drug-likeness (QED) is 0.410. The second-order valence-corrected chi connectivity index (χ2v) is 7.49. The maximum Gasteiger partial charge on any atom is 0.339 e. The Morgan fingerprint density at radius 3 is 2.65 bits per heavy atom. The number of hydrogen-bond donors (Lipinski definition) is 1. The minimum Gasteiger partial charge on any atom is -0.452 e. The van der Waals surface area contributed by atoms with Crippen molar-refractivity contribution in [3.63, 3.8) is 0 Å². The number of para-hydroxylation sites is 1. The van der Waals surface area contributed by atoms with E-state index in [0.29, 0.717) is 38.0 Å². The van der Waals surface area contributed by atoms with Gasteiger partial charge in [-0.1, -0.05) is 46.6 Å². The molecule has 4 rings (SSSR count). The topological polar surface area (TPSA) is 94.3 Å². The van der Waals surface area contributed by atoms with E-state index in [9.17, 15) is 9.59 Å². The van der Waals surface area contributed by atoms with Gasteiger partial charge in [0, 0.05) is 22.0 Å². The van der Waals surface area contributed by atoms with Crippen molar-refractivity contribution in [3.8, 4) is 11.3 Å². The van der Waals surface area contributed by atoms with Crippen molar-refractivity contribution < 1.29 is 18.8 Å². The van der Waals surface area contributed by atoms with Crippen LogP contribution in [-0.4, -0.2) is 28.6 Å². The average molecular weight is 456 g/mol. The molecule has 0 atom stereocenters. The van der Waals surface area contributed by atoms with Crippen LogP contribution in [-0.2, 0) is 9.53 Å². The van der Waals surface area contributed by atoms with Gasteiger partial charge >= 0.3 is 5.97 Å². The number of aromatic nitrogens is 2. The van der Waals surface area contributed by atoms with Gasteiger partial charge in [0.15, 0.2) is 12.4 Å². The first-order chi connectivity index (χ1) is 14.9. The summed E-state index contributed by atoms with van der Waals surface area (Å²) in [5.41, 5.74) is 1.94. The van der Waals surface area contributed by atoms with Crippen LogP contribution < -0.4 is 5.32 Å². The number of fused-ring (bicyclic) bond motifs is 1. The van der Waals surface area contributed by atoms with Crippen LogP contribution in [0.25, 0.3) is 22.2 Å². The van der Waals surface area contributed by atoms with Gasteiger partial charge in [0.1, 0.15) is 5.76 Å². The van der Waals surface area contributed by atoms with Gasteiger partial charge in [0.05, 0.1) is 21.8 Å². The van der Waals surface area contributed by atoms with Gasteiger partial charge in [0.2, 0.25) is 0 Å². The van der Waals surface area contributed by atoms with E-state index in [1.54, 1.807) is 55.5 Å². The number of nitrogens with one attached hydrogen (secondary N) is 1. The van der Waals surface area contributed by atoms with E-state index in [1.807, 2.05) is 6.07 Å². The van der Waals surface area contributed by atoms with E-state index >= 15 is 0 Å². The normalized spacial score (nSPS) is 10.8. The Labute approximate surface area is 186 Å². The van der Waals surface area contributed by atoms with Crippen LogP contribution in [0.2, 0.25) is 10.0 Å². The first-order valence-electron chi connectivity index (χ1n) is 9.16. The van der Waals surface area contributed by atoms with Gasteiger partial charge in [-0.05, 0) is 37.3 Å². The number of hydrogen-bond acceptors (Lipinski definition) is 6. The van der Waals surface area contributed by atoms with Gasteiger partial charge in [-0.3, -0.25) is 4.79 Å².